The number of hydrogen-bond acceptors (Lipinski definition) is 5. The minimum Gasteiger partial charge on any atom is -0.475 e. The molecule has 2 aromatic heterocycles. The molecule has 0 aliphatic carbocycles. The smallest absolute Gasteiger partial charge is 0.218 e. The molecule has 0 radical (unpaired) electrons. The SMILES string of the molecule is CC(C)Oc1cc(NCc2nccn2C)ncn1. The molecule has 0 bridgehead atoms. The minimum absolute atomic E-state index is 0.0993. The highest BCUT2D eigenvalue weighted by Crippen LogP contribution is 2.13. The molecule has 18 heavy (non-hydrogen) atoms. The lowest BCUT2D eigenvalue weighted by atomic mass is 10.4. The fourth-order valence-corrected chi connectivity index (χ4v) is 1.48. The van der Waals surface area contributed by atoms with E-state index in [2.05, 4.69) is 20.3 Å². The quantitative estimate of drug-likeness (QED) is 0.869. The summed E-state index contributed by atoms with van der Waals surface area (Å²) < 4.78 is 7.46. The molecule has 1 N–H and O–H groups in total. The molecule has 0 aliphatic heterocycles. The molecule has 0 aliphatic rings. The van der Waals surface area contributed by atoms with Crippen molar-refractivity contribution in [2.45, 2.75) is 26.5 Å². The van der Waals surface area contributed by atoms with Crippen LogP contribution in [0.1, 0.15) is 19.7 Å². The van der Waals surface area contributed by atoms with Crippen LogP contribution in [0.3, 0.4) is 0 Å². The second-order valence-corrected chi connectivity index (χ2v) is 4.22. The molecule has 0 fully saturated rings. The molecule has 0 atom stereocenters. The van der Waals surface area contributed by atoms with E-state index in [0.29, 0.717) is 12.4 Å². The molecule has 0 saturated carbocycles. The topological polar surface area (TPSA) is 64.9 Å². The monoisotopic (exact) mass is 247 g/mol. The number of anilines is 1. The Morgan fingerprint density at radius 3 is 2.83 bits per heavy atom. The first-order valence-corrected chi connectivity index (χ1v) is 5.84. The van der Waals surface area contributed by atoms with E-state index in [-0.39, 0.29) is 6.10 Å². The summed E-state index contributed by atoms with van der Waals surface area (Å²) >= 11 is 0. The van der Waals surface area contributed by atoms with Crippen LogP contribution in [-0.2, 0) is 13.6 Å². The van der Waals surface area contributed by atoms with Crippen molar-refractivity contribution in [2.75, 3.05) is 5.32 Å². The van der Waals surface area contributed by atoms with E-state index in [1.54, 1.807) is 12.3 Å². The first kappa shape index (κ1) is 12.3. The molecule has 0 saturated heterocycles. The van der Waals surface area contributed by atoms with Crippen molar-refractivity contribution < 1.29 is 4.74 Å². The Bertz CT molecular complexity index is 509. The van der Waals surface area contributed by atoms with Crippen LogP contribution in [0.4, 0.5) is 5.82 Å². The molecule has 2 heterocycles. The number of imidazole rings is 1. The maximum absolute atomic E-state index is 5.50. The third-order valence-electron chi connectivity index (χ3n) is 2.35. The molecule has 6 nitrogen and oxygen atoms in total. The van der Waals surface area contributed by atoms with Crippen LogP contribution in [0, 0.1) is 0 Å². The molecule has 2 aromatic rings. The van der Waals surface area contributed by atoms with Gasteiger partial charge in [0.15, 0.2) is 0 Å². The number of aryl methyl sites for hydroxylation is 1. The summed E-state index contributed by atoms with van der Waals surface area (Å²) in [6.45, 7) is 4.54. The van der Waals surface area contributed by atoms with Gasteiger partial charge in [0.1, 0.15) is 18.0 Å². The molecule has 2 rings (SSSR count). The standard InChI is InChI=1S/C12H17N5O/c1-9(2)18-12-6-10(15-8-16-12)14-7-11-13-4-5-17(11)3/h4-6,8-9H,7H2,1-3H3,(H,14,15,16). The Kier molecular flexibility index (Phi) is 3.76. The number of rotatable bonds is 5. The largest absolute Gasteiger partial charge is 0.475 e. The second-order valence-electron chi connectivity index (χ2n) is 4.22. The van der Waals surface area contributed by atoms with E-state index in [1.165, 1.54) is 6.33 Å². The molecule has 0 spiro atoms. The fraction of sp³-hybridized carbons (Fsp3) is 0.417. The summed E-state index contributed by atoms with van der Waals surface area (Å²) in [4.78, 5) is 12.4. The van der Waals surface area contributed by atoms with Crippen LogP contribution < -0.4 is 10.1 Å². The normalized spacial score (nSPS) is 10.7. The third kappa shape index (κ3) is 3.19. The van der Waals surface area contributed by atoms with Gasteiger partial charge < -0.3 is 14.6 Å². The minimum atomic E-state index is 0.0993. The molecule has 0 aromatic carbocycles. The Labute approximate surface area is 106 Å². The average Bonchev–Trinajstić information content (AvgIpc) is 2.72. The zero-order valence-corrected chi connectivity index (χ0v) is 10.8. The Morgan fingerprint density at radius 2 is 2.17 bits per heavy atom. The molecule has 96 valence electrons. The number of hydrogen-bond donors (Lipinski definition) is 1. The summed E-state index contributed by atoms with van der Waals surface area (Å²) in [5, 5.41) is 3.19. The van der Waals surface area contributed by atoms with E-state index >= 15 is 0 Å². The van der Waals surface area contributed by atoms with Crippen molar-refractivity contribution in [3.8, 4) is 5.88 Å². The second kappa shape index (κ2) is 5.48. The lowest BCUT2D eigenvalue weighted by molar-refractivity contribution is 0.232. The van der Waals surface area contributed by atoms with Crippen LogP contribution >= 0.6 is 0 Å². The van der Waals surface area contributed by atoms with Crippen LogP contribution in [0.15, 0.2) is 24.8 Å². The van der Waals surface area contributed by atoms with Gasteiger partial charge in [0.2, 0.25) is 5.88 Å². The van der Waals surface area contributed by atoms with Gasteiger partial charge in [-0.15, -0.1) is 0 Å². The maximum Gasteiger partial charge on any atom is 0.218 e. The van der Waals surface area contributed by atoms with Gasteiger partial charge in [0, 0.05) is 25.5 Å². The first-order valence-electron chi connectivity index (χ1n) is 5.84. The summed E-state index contributed by atoms with van der Waals surface area (Å²) in [6, 6.07) is 1.78. The highest BCUT2D eigenvalue weighted by atomic mass is 16.5. The van der Waals surface area contributed by atoms with Gasteiger partial charge in [-0.1, -0.05) is 0 Å². The summed E-state index contributed by atoms with van der Waals surface area (Å²) in [5.74, 6) is 2.24. The van der Waals surface area contributed by atoms with Crippen molar-refractivity contribution in [3.63, 3.8) is 0 Å². The number of ether oxygens (including phenoxy) is 1. The third-order valence-corrected chi connectivity index (χ3v) is 2.35. The van der Waals surface area contributed by atoms with Crippen molar-refractivity contribution in [2.24, 2.45) is 7.05 Å². The number of nitrogens with one attached hydrogen (secondary N) is 1. The van der Waals surface area contributed by atoms with Gasteiger partial charge in [-0.3, -0.25) is 0 Å². The van der Waals surface area contributed by atoms with E-state index in [1.807, 2.05) is 31.7 Å². The van der Waals surface area contributed by atoms with Gasteiger partial charge in [-0.05, 0) is 13.8 Å². The van der Waals surface area contributed by atoms with Crippen LogP contribution in [0.25, 0.3) is 0 Å². The number of nitrogens with zero attached hydrogens (tertiary/aromatic N) is 4. The van der Waals surface area contributed by atoms with Crippen LogP contribution in [0.2, 0.25) is 0 Å². The van der Waals surface area contributed by atoms with Crippen molar-refractivity contribution in [1.29, 1.82) is 0 Å². The Hall–Kier alpha value is -2.11. The van der Waals surface area contributed by atoms with Crippen LogP contribution in [0.5, 0.6) is 5.88 Å². The molecule has 0 unspecified atom stereocenters. The predicted molar refractivity (Wildman–Crippen MR) is 68.3 cm³/mol. The molecule has 6 heteroatoms. The summed E-state index contributed by atoms with van der Waals surface area (Å²) in [6.07, 6.45) is 5.26. The van der Waals surface area contributed by atoms with Gasteiger partial charge in [-0.25, -0.2) is 15.0 Å². The molecule has 0 amide bonds. The number of aromatic nitrogens is 4. The lowest BCUT2D eigenvalue weighted by Gasteiger charge is -2.10. The zero-order valence-electron chi connectivity index (χ0n) is 10.8. The fourth-order valence-electron chi connectivity index (χ4n) is 1.48. The van der Waals surface area contributed by atoms with Gasteiger partial charge in [0.05, 0.1) is 12.6 Å². The van der Waals surface area contributed by atoms with E-state index in [4.69, 9.17) is 4.74 Å². The summed E-state index contributed by atoms with van der Waals surface area (Å²) in [5.41, 5.74) is 0. The lowest BCUT2D eigenvalue weighted by Crippen LogP contribution is -2.09. The van der Waals surface area contributed by atoms with E-state index < -0.39 is 0 Å². The van der Waals surface area contributed by atoms with Gasteiger partial charge in [-0.2, -0.15) is 0 Å². The first-order chi connectivity index (χ1) is 8.65. The highest BCUT2D eigenvalue weighted by molar-refractivity contribution is 5.37. The summed E-state index contributed by atoms with van der Waals surface area (Å²) in [7, 11) is 1.96. The van der Waals surface area contributed by atoms with Crippen molar-refractivity contribution >= 4 is 5.82 Å². The molecular weight excluding hydrogens is 230 g/mol. The van der Waals surface area contributed by atoms with Gasteiger partial charge in [0.25, 0.3) is 0 Å². The maximum atomic E-state index is 5.50. The predicted octanol–water partition coefficient (Wildman–Crippen LogP) is 1.61. The van der Waals surface area contributed by atoms with Gasteiger partial charge >= 0.3 is 0 Å². The highest BCUT2D eigenvalue weighted by Gasteiger charge is 2.03. The zero-order chi connectivity index (χ0) is 13.0. The Morgan fingerprint density at radius 1 is 1.33 bits per heavy atom. The van der Waals surface area contributed by atoms with Crippen molar-refractivity contribution in [1.82, 2.24) is 19.5 Å². The Balaban J connectivity index is 1.99. The average molecular weight is 247 g/mol. The molecular formula is C12H17N5O. The van der Waals surface area contributed by atoms with E-state index in [9.17, 15) is 0 Å². The van der Waals surface area contributed by atoms with Crippen LogP contribution in [-0.4, -0.2) is 25.6 Å². The van der Waals surface area contributed by atoms with Crippen molar-refractivity contribution in [3.05, 3.63) is 30.6 Å². The van der Waals surface area contributed by atoms with E-state index in [0.717, 1.165) is 11.6 Å².